The van der Waals surface area contributed by atoms with Gasteiger partial charge in [-0.05, 0) is 216 Å². The van der Waals surface area contributed by atoms with E-state index in [-0.39, 0.29) is 0 Å². The summed E-state index contributed by atoms with van der Waals surface area (Å²) in [6, 6.07) is 159. The van der Waals surface area contributed by atoms with Crippen LogP contribution < -0.4 is 24.5 Å². The van der Waals surface area contributed by atoms with Crippen LogP contribution in [0.1, 0.15) is 0 Å². The van der Waals surface area contributed by atoms with Crippen molar-refractivity contribution in [1.29, 1.82) is 0 Å². The second kappa shape index (κ2) is 32.0. The summed E-state index contributed by atoms with van der Waals surface area (Å²) in [7, 11) is 0. The number of anilines is 15. The first-order chi connectivity index (χ1) is 56.6. The van der Waals surface area contributed by atoms with Crippen LogP contribution in [0.15, 0.2) is 443 Å². The molecule has 114 heavy (non-hydrogen) atoms. The Kier molecular flexibility index (Phi) is 19.7. The van der Waals surface area contributed by atoms with Crippen molar-refractivity contribution in [3.05, 3.63) is 443 Å². The van der Waals surface area contributed by atoms with Gasteiger partial charge in [0.1, 0.15) is 11.0 Å². The minimum absolute atomic E-state index is 0.844. The highest BCUT2D eigenvalue weighted by Crippen LogP contribution is 2.56. The molecule has 0 saturated heterocycles. The number of benzene rings is 16. The fraction of sp³-hybridized carbons (Fsp3) is 0. The molecule has 19 aromatic rings. The van der Waals surface area contributed by atoms with Crippen molar-refractivity contribution in [3.8, 4) is 75.1 Å². The smallest absolute Gasteiger partial charge is 0.114 e. The van der Waals surface area contributed by atoms with E-state index in [0.717, 1.165) is 171 Å². The number of para-hydroxylation sites is 10. The van der Waals surface area contributed by atoms with Crippen LogP contribution in [-0.4, -0.2) is 8.75 Å². The lowest BCUT2D eigenvalue weighted by Crippen LogP contribution is -2.09. The van der Waals surface area contributed by atoms with Crippen LogP contribution in [0, 0.1) is 0 Å². The summed E-state index contributed by atoms with van der Waals surface area (Å²) in [5.41, 5.74) is 28.6. The maximum absolute atomic E-state index is 5.39. The summed E-state index contributed by atoms with van der Waals surface area (Å²) in [6.45, 7) is 0. The van der Waals surface area contributed by atoms with Crippen LogP contribution >= 0.6 is 34.4 Å². The van der Waals surface area contributed by atoms with Crippen LogP contribution in [0.2, 0.25) is 0 Å². The highest BCUT2D eigenvalue weighted by atomic mass is 32.1. The Morgan fingerprint density at radius 1 is 0.167 bits per heavy atom. The van der Waals surface area contributed by atoms with E-state index in [9.17, 15) is 0 Å². The molecule has 0 aliphatic carbocycles. The van der Waals surface area contributed by atoms with Gasteiger partial charge in [-0.3, -0.25) is 0 Å². The van der Waals surface area contributed by atoms with Crippen LogP contribution in [0.5, 0.6) is 0 Å². The molecule has 0 fully saturated rings. The van der Waals surface area contributed by atoms with E-state index in [2.05, 4.69) is 467 Å². The predicted octanol–water partition coefficient (Wildman–Crippen LogP) is 30.8. The molecule has 0 N–H and O–H groups in total. The number of aromatic nitrogens is 2. The fourth-order valence-electron chi connectivity index (χ4n) is 15.5. The highest BCUT2D eigenvalue weighted by molar-refractivity contribution is 7.20. The van der Waals surface area contributed by atoms with Crippen LogP contribution in [0.3, 0.4) is 0 Å². The van der Waals surface area contributed by atoms with Crippen LogP contribution in [-0.2, 0) is 0 Å². The lowest BCUT2D eigenvalue weighted by molar-refractivity contribution is 1.28. The number of nitrogens with zero attached hydrogens (tertiary/aromatic N) is 7. The van der Waals surface area contributed by atoms with Gasteiger partial charge >= 0.3 is 0 Å². The Balaban J connectivity index is 0.797. The first-order valence-corrected chi connectivity index (χ1v) is 40.5. The summed E-state index contributed by atoms with van der Waals surface area (Å²) in [6.07, 6.45) is 0. The molecule has 0 aliphatic heterocycles. The minimum Gasteiger partial charge on any atom is -0.311 e. The number of fused-ring (bicyclic) bond motifs is 1. The number of hydrogen-bond donors (Lipinski definition) is 0. The molecule has 0 saturated carbocycles. The monoisotopic (exact) mass is 1520 g/mol. The van der Waals surface area contributed by atoms with E-state index in [4.69, 9.17) is 8.75 Å². The van der Waals surface area contributed by atoms with Crippen molar-refractivity contribution >= 4 is 131 Å². The van der Waals surface area contributed by atoms with Gasteiger partial charge in [0, 0.05) is 133 Å². The van der Waals surface area contributed by atoms with Crippen molar-refractivity contribution in [3.63, 3.8) is 0 Å². The molecule has 0 bridgehead atoms. The van der Waals surface area contributed by atoms with Gasteiger partial charge < -0.3 is 24.5 Å². The van der Waals surface area contributed by atoms with Crippen molar-refractivity contribution < 1.29 is 0 Å². The Morgan fingerprint density at radius 3 is 0.667 bits per heavy atom. The minimum atomic E-state index is 0.844. The average Bonchev–Trinajstić information content (AvgIpc) is 1.57. The van der Waals surface area contributed by atoms with Crippen molar-refractivity contribution in [1.82, 2.24) is 8.75 Å². The Labute approximate surface area is 677 Å². The van der Waals surface area contributed by atoms with Gasteiger partial charge in [-0.1, -0.05) is 255 Å². The van der Waals surface area contributed by atoms with E-state index < -0.39 is 0 Å². The third-order valence-corrected chi connectivity index (χ3v) is 23.8. The molecule has 542 valence electrons. The summed E-state index contributed by atoms with van der Waals surface area (Å²) in [4.78, 5) is 16.1. The van der Waals surface area contributed by atoms with Crippen LogP contribution in [0.4, 0.5) is 85.3 Å². The average molecular weight is 1520 g/mol. The van der Waals surface area contributed by atoms with E-state index in [1.165, 1.54) is 11.7 Å². The number of hydrogen-bond acceptors (Lipinski definition) is 10. The van der Waals surface area contributed by atoms with Crippen molar-refractivity contribution in [2.45, 2.75) is 0 Å². The van der Waals surface area contributed by atoms with Gasteiger partial charge in [-0.2, -0.15) is 8.75 Å². The zero-order valence-electron chi connectivity index (χ0n) is 62.0. The molecular formula is C104H73N7S3. The van der Waals surface area contributed by atoms with Gasteiger partial charge in [0.25, 0.3) is 0 Å². The maximum atomic E-state index is 5.39. The second-order valence-electron chi connectivity index (χ2n) is 27.8. The zero-order valence-corrected chi connectivity index (χ0v) is 64.5. The molecule has 0 atom stereocenters. The molecule has 19 rings (SSSR count). The first-order valence-electron chi connectivity index (χ1n) is 38.2. The highest BCUT2D eigenvalue weighted by Gasteiger charge is 2.29. The molecule has 0 radical (unpaired) electrons. The van der Waals surface area contributed by atoms with Gasteiger partial charge in [0.15, 0.2) is 0 Å². The lowest BCUT2D eigenvalue weighted by Gasteiger charge is -2.26. The van der Waals surface area contributed by atoms with Gasteiger partial charge in [0.05, 0.1) is 11.7 Å². The standard InChI is InChI=1S/C104H73N7S3/c1-11-31-79(32-12-1)107(80-33-13-2-14-34-80)89-61-51-74(52-62-89)96-73-97(112-102(96)77-57-67-92(68-58-77)110(85-43-23-7-24-44-85)86-45-25-8-26-46-86)94-71-72-95(101-100(94)105-114-106-101)104-99(76-55-65-91(66-56-76)109(83-39-19-5-20-40-83)84-41-21-6-22-42-84)98(75-53-63-90(64-54-75)108(81-35-15-3-16-36-81)82-37-17-4-18-38-82)103(113-104)78-59-69-93(70-60-78)111(87-47-27-9-28-48-87)88-49-29-10-30-50-88/h1-73H. The van der Waals surface area contributed by atoms with Gasteiger partial charge in [-0.25, -0.2) is 0 Å². The van der Waals surface area contributed by atoms with Crippen molar-refractivity contribution in [2.24, 2.45) is 0 Å². The molecule has 16 aromatic carbocycles. The molecule has 0 amide bonds. The van der Waals surface area contributed by atoms with Crippen molar-refractivity contribution in [2.75, 3.05) is 24.5 Å². The molecule has 10 heteroatoms. The Morgan fingerprint density at radius 2 is 0.386 bits per heavy atom. The fourth-order valence-corrected chi connectivity index (χ4v) is 18.6. The molecule has 3 heterocycles. The summed E-state index contributed by atoms with van der Waals surface area (Å²) in [5, 5.41) is 0. The summed E-state index contributed by atoms with van der Waals surface area (Å²) in [5.74, 6) is 0. The molecular weight excluding hydrogens is 1440 g/mol. The number of thiophene rings is 2. The zero-order chi connectivity index (χ0) is 75.9. The quantitative estimate of drug-likeness (QED) is 0.0670. The summed E-state index contributed by atoms with van der Waals surface area (Å²) >= 11 is 4.88. The third kappa shape index (κ3) is 14.1. The van der Waals surface area contributed by atoms with Gasteiger partial charge in [0.2, 0.25) is 0 Å². The third-order valence-electron chi connectivity index (χ3n) is 20.8. The Hall–Kier alpha value is -14.3. The molecule has 0 spiro atoms. The molecule has 7 nitrogen and oxygen atoms in total. The molecule has 0 aliphatic rings. The van der Waals surface area contributed by atoms with E-state index in [1.54, 1.807) is 11.3 Å². The second-order valence-corrected chi connectivity index (χ2v) is 30.4. The molecule has 3 aromatic heterocycles. The predicted molar refractivity (Wildman–Crippen MR) is 485 cm³/mol. The molecule has 0 unspecified atom stereocenters. The van der Waals surface area contributed by atoms with Crippen LogP contribution in [0.25, 0.3) is 86.2 Å². The number of rotatable bonds is 22. The largest absolute Gasteiger partial charge is 0.311 e. The SMILES string of the molecule is c1ccc(N(c2ccccc2)c2ccc(-c3cc(-c4ccc(-c5sc(-c6ccc(N(c7ccccc7)c7ccccc7)cc6)c(-c6ccc(N(c7ccccc7)c7ccccc7)cc6)c5-c5ccc(N(c6ccccc6)c6ccccc6)cc5)c5nsnc45)sc3-c3ccc(N(c4ccccc4)c4ccccc4)cc3)cc2)cc1. The van der Waals surface area contributed by atoms with Gasteiger partial charge in [-0.15, -0.1) is 22.7 Å². The lowest BCUT2D eigenvalue weighted by atomic mass is 9.90. The summed E-state index contributed by atoms with van der Waals surface area (Å²) < 4.78 is 10.7. The van der Waals surface area contributed by atoms with E-state index >= 15 is 0 Å². The van der Waals surface area contributed by atoms with E-state index in [0.29, 0.717) is 0 Å². The normalized spacial score (nSPS) is 11.2. The topological polar surface area (TPSA) is 42.0 Å². The van der Waals surface area contributed by atoms with E-state index in [1.807, 2.05) is 11.3 Å². The Bertz CT molecular complexity index is 6060. The first kappa shape index (κ1) is 70.1. The maximum Gasteiger partial charge on any atom is 0.114 e.